The second-order valence-electron chi connectivity index (χ2n) is 13.1. The van der Waals surface area contributed by atoms with E-state index in [0.717, 1.165) is 12.8 Å². The van der Waals surface area contributed by atoms with E-state index in [2.05, 4.69) is 34.6 Å². The summed E-state index contributed by atoms with van der Waals surface area (Å²) in [5, 5.41) is 0. The summed E-state index contributed by atoms with van der Waals surface area (Å²) in [7, 11) is 0. The Bertz CT molecular complexity index is 981. The molecule has 1 heterocycles. The lowest BCUT2D eigenvalue weighted by Gasteiger charge is -2.70. The molecule has 0 amide bonds. The minimum Gasteiger partial charge on any atom is -0.462 e. The van der Waals surface area contributed by atoms with Crippen LogP contribution in [-0.4, -0.2) is 29.9 Å². The number of hydrogen-bond donors (Lipinski definition) is 0. The van der Waals surface area contributed by atoms with E-state index in [-0.39, 0.29) is 28.5 Å². The minimum atomic E-state index is -0.700. The van der Waals surface area contributed by atoms with Crippen molar-refractivity contribution in [3.63, 3.8) is 0 Å². The molecule has 0 N–H and O–H groups in total. The maximum Gasteiger partial charge on any atom is 0.335 e. The number of ether oxygens (including phenoxy) is 2. The highest BCUT2D eigenvalue weighted by Gasteiger charge is 2.71. The summed E-state index contributed by atoms with van der Waals surface area (Å²) in [6.45, 7) is 15.0. The molecule has 5 heteroatoms. The van der Waals surface area contributed by atoms with Crippen LogP contribution in [0.4, 0.5) is 0 Å². The molecule has 1 unspecified atom stereocenters. The Labute approximate surface area is 204 Å². The molecule has 4 aliphatic carbocycles. The van der Waals surface area contributed by atoms with Gasteiger partial charge in [0.1, 0.15) is 12.2 Å². The van der Waals surface area contributed by atoms with Gasteiger partial charge in [-0.1, -0.05) is 47.5 Å². The SMILES string of the molecule is CC[C@@]1(C)CCC[C@]2(C)[C@H]3C[C@H](OC(C)=O)[C@]4(C)C5=C(C(=O)C[C@H]4[C@]3(C)CC[C@@H]12)C(C)OC5=O. The van der Waals surface area contributed by atoms with Crippen molar-refractivity contribution < 1.29 is 23.9 Å². The smallest absolute Gasteiger partial charge is 0.335 e. The second kappa shape index (κ2) is 7.43. The monoisotopic (exact) mass is 470 g/mol. The standard InChI is InChI=1S/C29H42O5/c1-8-26(4)11-9-12-27(5)19(26)10-13-28(6)20(27)15-22(34-17(3)30)29(7)21(28)14-18(31)23-16(2)33-25(32)24(23)29/h16,19-22H,8-15H2,1-7H3/t16?,19-,20+,21-,22-,26-,27-,28+,29+/m0/s1. The van der Waals surface area contributed by atoms with Crippen LogP contribution in [0.2, 0.25) is 0 Å². The quantitative estimate of drug-likeness (QED) is 0.477. The first-order valence-corrected chi connectivity index (χ1v) is 13.5. The molecule has 3 saturated carbocycles. The van der Waals surface area contributed by atoms with Gasteiger partial charge in [0.25, 0.3) is 0 Å². The van der Waals surface area contributed by atoms with E-state index < -0.39 is 23.6 Å². The summed E-state index contributed by atoms with van der Waals surface area (Å²) in [4.78, 5) is 39.0. The van der Waals surface area contributed by atoms with Crippen molar-refractivity contribution >= 4 is 17.7 Å². The fourth-order valence-electron chi connectivity index (χ4n) is 10.2. The number of Topliss-reactive ketones (excluding diaryl/α,β-unsaturated/α-hetero) is 1. The molecule has 0 spiro atoms. The Balaban J connectivity index is 1.67. The number of esters is 2. The second-order valence-corrected chi connectivity index (χ2v) is 13.1. The Morgan fingerprint density at radius 3 is 2.35 bits per heavy atom. The average Bonchev–Trinajstić information content (AvgIpc) is 3.06. The molecule has 9 atom stereocenters. The summed E-state index contributed by atoms with van der Waals surface area (Å²) in [5.41, 5.74) is 0.698. The Morgan fingerprint density at radius 1 is 1.03 bits per heavy atom. The van der Waals surface area contributed by atoms with Gasteiger partial charge in [0.2, 0.25) is 0 Å². The van der Waals surface area contributed by atoms with Gasteiger partial charge < -0.3 is 9.47 Å². The predicted octanol–water partition coefficient (Wildman–Crippen LogP) is 5.80. The summed E-state index contributed by atoms with van der Waals surface area (Å²) in [5.74, 6) is 0.278. The highest BCUT2D eigenvalue weighted by atomic mass is 16.6. The van der Waals surface area contributed by atoms with Crippen molar-refractivity contribution in [1.29, 1.82) is 0 Å². The maximum absolute atomic E-state index is 13.5. The molecular weight excluding hydrogens is 428 g/mol. The van der Waals surface area contributed by atoms with Crippen molar-refractivity contribution in [2.75, 3.05) is 0 Å². The van der Waals surface area contributed by atoms with Crippen molar-refractivity contribution in [3.05, 3.63) is 11.1 Å². The largest absolute Gasteiger partial charge is 0.462 e. The molecule has 0 saturated heterocycles. The predicted molar refractivity (Wildman–Crippen MR) is 129 cm³/mol. The van der Waals surface area contributed by atoms with Gasteiger partial charge in [-0.2, -0.15) is 0 Å². The van der Waals surface area contributed by atoms with Gasteiger partial charge in [0.05, 0.1) is 5.57 Å². The third-order valence-electron chi connectivity index (χ3n) is 11.8. The van der Waals surface area contributed by atoms with Crippen molar-refractivity contribution in [2.45, 2.75) is 112 Å². The van der Waals surface area contributed by atoms with Crippen LogP contribution in [0, 0.1) is 39.4 Å². The molecule has 188 valence electrons. The topological polar surface area (TPSA) is 69.7 Å². The molecule has 5 aliphatic rings. The van der Waals surface area contributed by atoms with Crippen LogP contribution >= 0.6 is 0 Å². The summed E-state index contributed by atoms with van der Waals surface area (Å²) in [6, 6.07) is 0. The zero-order valence-electron chi connectivity index (χ0n) is 22.1. The minimum absolute atomic E-state index is 0.0419. The van der Waals surface area contributed by atoms with Crippen LogP contribution in [0.25, 0.3) is 0 Å². The van der Waals surface area contributed by atoms with Crippen LogP contribution in [0.15, 0.2) is 11.1 Å². The molecule has 0 aromatic heterocycles. The molecule has 34 heavy (non-hydrogen) atoms. The van der Waals surface area contributed by atoms with E-state index >= 15 is 0 Å². The van der Waals surface area contributed by atoms with Crippen LogP contribution in [0.1, 0.15) is 99.8 Å². The molecular formula is C29H42O5. The lowest BCUT2D eigenvalue weighted by molar-refractivity contribution is -0.226. The summed E-state index contributed by atoms with van der Waals surface area (Å²) < 4.78 is 11.7. The van der Waals surface area contributed by atoms with Crippen LogP contribution in [-0.2, 0) is 23.9 Å². The number of hydrogen-bond acceptors (Lipinski definition) is 5. The van der Waals surface area contributed by atoms with Gasteiger partial charge in [-0.15, -0.1) is 0 Å². The van der Waals surface area contributed by atoms with Gasteiger partial charge in [-0.3, -0.25) is 9.59 Å². The van der Waals surface area contributed by atoms with Gasteiger partial charge >= 0.3 is 11.9 Å². The molecule has 1 aliphatic heterocycles. The Morgan fingerprint density at radius 2 is 1.71 bits per heavy atom. The zero-order valence-corrected chi connectivity index (χ0v) is 22.1. The zero-order chi connectivity index (χ0) is 24.8. The average molecular weight is 471 g/mol. The van der Waals surface area contributed by atoms with E-state index in [0.29, 0.717) is 34.8 Å². The highest BCUT2D eigenvalue weighted by molar-refractivity contribution is 6.09. The number of carbonyl (C=O) groups excluding carboxylic acids is 3. The molecule has 3 fully saturated rings. The lowest BCUT2D eigenvalue weighted by Crippen LogP contribution is -2.66. The first-order valence-electron chi connectivity index (χ1n) is 13.5. The fourth-order valence-corrected chi connectivity index (χ4v) is 10.2. The molecule has 0 radical (unpaired) electrons. The lowest BCUT2D eigenvalue weighted by atomic mass is 9.35. The van der Waals surface area contributed by atoms with Crippen LogP contribution < -0.4 is 0 Å². The fraction of sp³-hybridized carbons (Fsp3) is 0.828. The number of ketones is 1. The van der Waals surface area contributed by atoms with Gasteiger partial charge in [0.15, 0.2) is 5.78 Å². The molecule has 0 aromatic rings. The molecule has 0 aromatic carbocycles. The first-order chi connectivity index (χ1) is 15.8. The van der Waals surface area contributed by atoms with Crippen LogP contribution in [0.5, 0.6) is 0 Å². The van der Waals surface area contributed by atoms with E-state index in [1.165, 1.54) is 39.0 Å². The van der Waals surface area contributed by atoms with Crippen LogP contribution in [0.3, 0.4) is 0 Å². The molecule has 5 rings (SSSR count). The van der Waals surface area contributed by atoms with Crippen molar-refractivity contribution in [1.82, 2.24) is 0 Å². The third-order valence-corrected chi connectivity index (χ3v) is 11.8. The number of cyclic esters (lactones) is 1. The van der Waals surface area contributed by atoms with Gasteiger partial charge in [0, 0.05) is 24.3 Å². The Hall–Kier alpha value is -1.65. The summed E-state index contributed by atoms with van der Waals surface area (Å²) in [6.07, 6.45) is 7.31. The van der Waals surface area contributed by atoms with Crippen molar-refractivity contribution in [2.24, 2.45) is 39.4 Å². The molecule has 5 nitrogen and oxygen atoms in total. The van der Waals surface area contributed by atoms with Gasteiger partial charge in [-0.05, 0) is 73.0 Å². The van der Waals surface area contributed by atoms with Crippen molar-refractivity contribution in [3.8, 4) is 0 Å². The van der Waals surface area contributed by atoms with E-state index in [1.807, 2.05) is 0 Å². The normalized spacial score (nSPS) is 50.0. The first kappa shape index (κ1) is 24.1. The highest BCUT2D eigenvalue weighted by Crippen LogP contribution is 2.73. The molecule has 0 bridgehead atoms. The van der Waals surface area contributed by atoms with Gasteiger partial charge in [-0.25, -0.2) is 4.79 Å². The number of fused-ring (bicyclic) bond motifs is 6. The summed E-state index contributed by atoms with van der Waals surface area (Å²) >= 11 is 0. The number of rotatable bonds is 2. The van der Waals surface area contributed by atoms with E-state index in [9.17, 15) is 14.4 Å². The third kappa shape index (κ3) is 2.88. The maximum atomic E-state index is 13.5. The van der Waals surface area contributed by atoms with E-state index in [4.69, 9.17) is 9.47 Å². The number of carbonyl (C=O) groups is 3. The van der Waals surface area contributed by atoms with E-state index in [1.54, 1.807) is 6.92 Å². The Kier molecular flexibility index (Phi) is 5.26.